The highest BCUT2D eigenvalue weighted by Gasteiger charge is 2.28. The van der Waals surface area contributed by atoms with Gasteiger partial charge in [-0.25, -0.2) is 0 Å². The summed E-state index contributed by atoms with van der Waals surface area (Å²) in [5.41, 5.74) is 5.28. The Bertz CT molecular complexity index is 478. The second-order valence-corrected chi connectivity index (χ2v) is 4.43. The van der Waals surface area contributed by atoms with E-state index in [9.17, 15) is 24.0 Å². The normalized spacial score (nSPS) is 14.3. The van der Waals surface area contributed by atoms with Crippen LogP contribution >= 0.6 is 0 Å². The van der Waals surface area contributed by atoms with Crippen LogP contribution in [-0.4, -0.2) is 63.2 Å². The zero-order valence-electron chi connectivity index (χ0n) is 11.6. The number of nitrogens with two attached hydrogens (primary N) is 1. The van der Waals surface area contributed by atoms with E-state index >= 15 is 0 Å². The molecule has 0 spiro atoms. The number of carboxylic acids is 3. The Kier molecular flexibility index (Phi) is 7.52. The summed E-state index contributed by atoms with van der Waals surface area (Å²) in [6.45, 7) is 1.15. The number of carbonyl (C=O) groups is 5. The lowest BCUT2D eigenvalue weighted by molar-refractivity contribution is -0.144. The lowest BCUT2D eigenvalue weighted by Crippen LogP contribution is -2.54. The molecule has 3 unspecified atom stereocenters. The molecule has 0 saturated heterocycles. The van der Waals surface area contributed by atoms with E-state index in [0.717, 1.165) is 6.92 Å². The molecular weight excluding hydrogens is 302 g/mol. The first-order valence-electron chi connectivity index (χ1n) is 6.07. The van der Waals surface area contributed by atoms with Gasteiger partial charge in [0.1, 0.15) is 12.1 Å². The predicted molar refractivity (Wildman–Crippen MR) is 69.7 cm³/mol. The van der Waals surface area contributed by atoms with Gasteiger partial charge in [-0.3, -0.25) is 24.0 Å². The third-order valence-electron chi connectivity index (χ3n) is 2.47. The van der Waals surface area contributed by atoms with Crippen molar-refractivity contribution < 1.29 is 39.3 Å². The monoisotopic (exact) mass is 319 g/mol. The number of nitrogens with one attached hydrogen (secondary N) is 2. The number of amides is 2. The van der Waals surface area contributed by atoms with Crippen molar-refractivity contribution >= 4 is 29.7 Å². The molecule has 0 aliphatic heterocycles. The van der Waals surface area contributed by atoms with Crippen LogP contribution in [0.2, 0.25) is 0 Å². The van der Waals surface area contributed by atoms with Crippen LogP contribution in [0.1, 0.15) is 19.8 Å². The molecule has 0 aromatic carbocycles. The second-order valence-electron chi connectivity index (χ2n) is 4.43. The molecule has 124 valence electrons. The van der Waals surface area contributed by atoms with Gasteiger partial charge in [-0.15, -0.1) is 0 Å². The number of hydrogen-bond acceptors (Lipinski definition) is 6. The molecule has 0 radical (unpaired) electrons. The highest BCUT2D eigenvalue weighted by molar-refractivity contribution is 5.94. The van der Waals surface area contributed by atoms with Gasteiger partial charge in [0, 0.05) is 0 Å². The first-order chi connectivity index (χ1) is 10.0. The number of carbonyl (C=O) groups excluding carboxylic acids is 2. The zero-order chi connectivity index (χ0) is 17.4. The van der Waals surface area contributed by atoms with E-state index in [2.05, 4.69) is 0 Å². The molecule has 0 aromatic heterocycles. The molecule has 11 heteroatoms. The van der Waals surface area contributed by atoms with Crippen molar-refractivity contribution in [1.82, 2.24) is 10.6 Å². The topological polar surface area (TPSA) is 196 Å². The van der Waals surface area contributed by atoms with E-state index in [-0.39, 0.29) is 0 Å². The van der Waals surface area contributed by atoms with E-state index in [0.29, 0.717) is 0 Å². The lowest BCUT2D eigenvalue weighted by atomic mass is 10.1. The second kappa shape index (κ2) is 8.56. The fourth-order valence-corrected chi connectivity index (χ4v) is 1.32. The van der Waals surface area contributed by atoms with E-state index in [1.807, 2.05) is 10.6 Å². The lowest BCUT2D eigenvalue weighted by Gasteiger charge is -2.20. The fraction of sp³-hybridized carbons (Fsp3) is 0.545. The van der Waals surface area contributed by atoms with Crippen molar-refractivity contribution in [3.63, 3.8) is 0 Å². The summed E-state index contributed by atoms with van der Waals surface area (Å²) in [6.07, 6.45) is -1.53. The van der Waals surface area contributed by atoms with E-state index in [1.165, 1.54) is 0 Å². The third kappa shape index (κ3) is 7.19. The third-order valence-corrected chi connectivity index (χ3v) is 2.47. The van der Waals surface area contributed by atoms with Gasteiger partial charge in [0.2, 0.25) is 11.8 Å². The van der Waals surface area contributed by atoms with Crippen LogP contribution in [0.15, 0.2) is 0 Å². The van der Waals surface area contributed by atoms with Gasteiger partial charge in [-0.05, 0) is 6.92 Å². The van der Waals surface area contributed by atoms with Crippen LogP contribution < -0.4 is 16.4 Å². The van der Waals surface area contributed by atoms with Crippen LogP contribution in [0.3, 0.4) is 0 Å². The van der Waals surface area contributed by atoms with E-state index in [1.54, 1.807) is 0 Å². The summed E-state index contributed by atoms with van der Waals surface area (Å²) in [5, 5.41) is 29.8. The maximum absolute atomic E-state index is 11.8. The molecule has 2 amide bonds. The molecule has 0 fully saturated rings. The summed E-state index contributed by atoms with van der Waals surface area (Å²) >= 11 is 0. The summed E-state index contributed by atoms with van der Waals surface area (Å²) < 4.78 is 0. The van der Waals surface area contributed by atoms with Crippen molar-refractivity contribution in [3.8, 4) is 0 Å². The largest absolute Gasteiger partial charge is 0.481 e. The summed E-state index contributed by atoms with van der Waals surface area (Å²) in [7, 11) is 0. The maximum Gasteiger partial charge on any atom is 0.325 e. The Labute approximate surface area is 124 Å². The van der Waals surface area contributed by atoms with Crippen molar-refractivity contribution in [3.05, 3.63) is 0 Å². The Morgan fingerprint density at radius 1 is 0.909 bits per heavy atom. The molecule has 0 aromatic rings. The molecule has 0 saturated carbocycles. The molecule has 7 N–H and O–H groups in total. The molecule has 11 nitrogen and oxygen atoms in total. The Balaban J connectivity index is 4.86. The number of hydrogen-bond donors (Lipinski definition) is 6. The van der Waals surface area contributed by atoms with Crippen LogP contribution in [0.4, 0.5) is 0 Å². The van der Waals surface area contributed by atoms with Crippen LogP contribution in [-0.2, 0) is 24.0 Å². The molecule has 0 aliphatic carbocycles. The first-order valence-corrected chi connectivity index (χ1v) is 6.07. The van der Waals surface area contributed by atoms with Gasteiger partial charge >= 0.3 is 17.9 Å². The average molecular weight is 319 g/mol. The Morgan fingerprint density at radius 3 is 1.82 bits per heavy atom. The maximum atomic E-state index is 11.8. The highest BCUT2D eigenvalue weighted by Crippen LogP contribution is 1.98. The van der Waals surface area contributed by atoms with Crippen LogP contribution in [0, 0.1) is 0 Å². The van der Waals surface area contributed by atoms with Crippen molar-refractivity contribution in [2.75, 3.05) is 0 Å². The smallest absolute Gasteiger partial charge is 0.325 e. The standard InChI is InChI=1S/C11H17N3O8/c1-4(11(21)22)13-10(20)6(3-8(17)18)14-9(19)5(12)2-7(15)16/h4-6H,2-3,12H2,1H3,(H,13,20)(H,14,19)(H,15,16)(H,17,18)(H,21,22). The minimum Gasteiger partial charge on any atom is -0.481 e. The van der Waals surface area contributed by atoms with Gasteiger partial charge < -0.3 is 31.7 Å². The number of carboxylic acid groups (broad SMARTS) is 3. The summed E-state index contributed by atoms with van der Waals surface area (Å²) in [5.74, 6) is -6.19. The van der Waals surface area contributed by atoms with Crippen LogP contribution in [0.5, 0.6) is 0 Å². The van der Waals surface area contributed by atoms with Crippen molar-refractivity contribution in [2.24, 2.45) is 5.73 Å². The van der Waals surface area contributed by atoms with Gasteiger partial charge in [0.15, 0.2) is 0 Å². The zero-order valence-corrected chi connectivity index (χ0v) is 11.6. The van der Waals surface area contributed by atoms with Crippen molar-refractivity contribution in [1.29, 1.82) is 0 Å². The van der Waals surface area contributed by atoms with Gasteiger partial charge in [0.25, 0.3) is 0 Å². The molecule has 0 aliphatic rings. The Morgan fingerprint density at radius 2 is 1.41 bits per heavy atom. The SMILES string of the molecule is CC(NC(=O)C(CC(=O)O)NC(=O)C(N)CC(=O)O)C(=O)O. The molecule has 0 rings (SSSR count). The van der Waals surface area contributed by atoms with Gasteiger partial charge in [-0.1, -0.05) is 0 Å². The molecule has 0 heterocycles. The molecule has 0 bridgehead atoms. The minimum absolute atomic E-state index is 0.710. The van der Waals surface area contributed by atoms with Gasteiger partial charge in [0.05, 0.1) is 18.9 Å². The van der Waals surface area contributed by atoms with E-state index in [4.69, 9.17) is 21.1 Å². The quantitative estimate of drug-likeness (QED) is 0.262. The fourth-order valence-electron chi connectivity index (χ4n) is 1.32. The number of rotatable bonds is 9. The summed E-state index contributed by atoms with van der Waals surface area (Å²) in [4.78, 5) is 55.1. The Hall–Kier alpha value is -2.69. The van der Waals surface area contributed by atoms with Crippen molar-refractivity contribution in [2.45, 2.75) is 37.9 Å². The summed E-state index contributed by atoms with van der Waals surface area (Å²) in [6, 6.07) is -4.35. The van der Waals surface area contributed by atoms with Crippen LogP contribution in [0.25, 0.3) is 0 Å². The van der Waals surface area contributed by atoms with Gasteiger partial charge in [-0.2, -0.15) is 0 Å². The minimum atomic E-state index is -1.58. The molecular formula is C11H17N3O8. The predicted octanol–water partition coefficient (Wildman–Crippen LogP) is -2.66. The number of aliphatic carboxylic acids is 3. The molecule has 3 atom stereocenters. The average Bonchev–Trinajstić information content (AvgIpc) is 2.35. The van der Waals surface area contributed by atoms with E-state index < -0.39 is 60.7 Å². The first kappa shape index (κ1) is 19.3. The highest BCUT2D eigenvalue weighted by atomic mass is 16.4. The molecule has 22 heavy (non-hydrogen) atoms.